The Balaban J connectivity index is 1.58. The Hall–Kier alpha value is -2.22. The number of nitrogens with zero attached hydrogens (tertiary/aromatic N) is 2. The van der Waals surface area contributed by atoms with Crippen LogP contribution in [0.4, 0.5) is 0 Å². The van der Waals surface area contributed by atoms with Crippen LogP contribution in [0.2, 0.25) is 0 Å². The molecule has 0 heterocycles. The third-order valence-corrected chi connectivity index (χ3v) is 2.90. The van der Waals surface area contributed by atoms with Gasteiger partial charge in [0.25, 0.3) is 0 Å². The summed E-state index contributed by atoms with van der Waals surface area (Å²) in [4.78, 5) is 8.84. The van der Waals surface area contributed by atoms with Gasteiger partial charge in [-0.05, 0) is 24.0 Å². The van der Waals surface area contributed by atoms with Crippen molar-refractivity contribution >= 4 is 12.4 Å². The first-order valence-corrected chi connectivity index (χ1v) is 7.05. The first-order chi connectivity index (χ1) is 9.95. The van der Waals surface area contributed by atoms with Gasteiger partial charge >= 0.3 is 0 Å². The second kappa shape index (κ2) is 8.81. The molecule has 2 aromatic rings. The highest BCUT2D eigenvalue weighted by molar-refractivity contribution is 5.79. The molecular formula is C18H20N2. The van der Waals surface area contributed by atoms with Crippen molar-refractivity contribution in [3.05, 3.63) is 71.8 Å². The Bertz CT molecular complexity index is 478. The van der Waals surface area contributed by atoms with Gasteiger partial charge in [0.15, 0.2) is 0 Å². The van der Waals surface area contributed by atoms with Gasteiger partial charge in [-0.25, -0.2) is 0 Å². The van der Waals surface area contributed by atoms with Crippen molar-refractivity contribution in [2.24, 2.45) is 9.98 Å². The summed E-state index contributed by atoms with van der Waals surface area (Å²) in [7, 11) is 0. The van der Waals surface area contributed by atoms with Crippen LogP contribution < -0.4 is 0 Å². The third-order valence-electron chi connectivity index (χ3n) is 2.90. The molecule has 0 N–H and O–H groups in total. The smallest absolute Gasteiger partial charge is 0.0390 e. The minimum Gasteiger partial charge on any atom is -0.293 e. The van der Waals surface area contributed by atoms with Gasteiger partial charge in [0.1, 0.15) is 0 Å². The van der Waals surface area contributed by atoms with Gasteiger partial charge in [-0.3, -0.25) is 9.98 Å². The van der Waals surface area contributed by atoms with Crippen molar-refractivity contribution in [3.8, 4) is 0 Å². The molecule has 0 unspecified atom stereocenters. The zero-order chi connectivity index (χ0) is 13.9. The molecule has 0 saturated carbocycles. The molecule has 2 heteroatoms. The van der Waals surface area contributed by atoms with Crippen LogP contribution in [-0.2, 0) is 0 Å². The lowest BCUT2D eigenvalue weighted by Gasteiger charge is -1.95. The monoisotopic (exact) mass is 264 g/mol. The number of rotatable bonds is 7. The molecule has 0 aromatic heterocycles. The van der Waals surface area contributed by atoms with Crippen molar-refractivity contribution < 1.29 is 0 Å². The third kappa shape index (κ3) is 5.61. The van der Waals surface area contributed by atoms with Crippen LogP contribution in [0.3, 0.4) is 0 Å². The van der Waals surface area contributed by atoms with Crippen LogP contribution in [0.15, 0.2) is 70.6 Å². The average molecular weight is 264 g/mol. The maximum atomic E-state index is 4.42. The van der Waals surface area contributed by atoms with Crippen molar-refractivity contribution in [2.75, 3.05) is 13.1 Å². The molecule has 0 radical (unpaired) electrons. The number of benzene rings is 2. The largest absolute Gasteiger partial charge is 0.293 e. The fourth-order valence-electron chi connectivity index (χ4n) is 1.82. The standard InChI is InChI=1S/C18H20N2/c1-3-9-17(10-4-1)15-19-13-7-8-14-20-16-18-11-5-2-6-12-18/h1-6,9-12,15-16H,7-8,13-14H2. The Morgan fingerprint density at radius 3 is 1.40 bits per heavy atom. The minimum atomic E-state index is 0.871. The van der Waals surface area contributed by atoms with E-state index in [1.807, 2.05) is 48.8 Å². The SMILES string of the molecule is C(=NCCCCN=Cc1ccccc1)c1ccccc1. The van der Waals surface area contributed by atoms with Gasteiger partial charge in [0.2, 0.25) is 0 Å². The number of hydrogen-bond acceptors (Lipinski definition) is 2. The summed E-state index contributed by atoms with van der Waals surface area (Å²) < 4.78 is 0. The second-order valence-electron chi connectivity index (χ2n) is 4.60. The van der Waals surface area contributed by atoms with E-state index >= 15 is 0 Å². The molecule has 0 saturated heterocycles. The van der Waals surface area contributed by atoms with Crippen molar-refractivity contribution in [2.45, 2.75) is 12.8 Å². The highest BCUT2D eigenvalue weighted by atomic mass is 14.7. The maximum Gasteiger partial charge on any atom is 0.0390 e. The van der Waals surface area contributed by atoms with Crippen molar-refractivity contribution in [1.82, 2.24) is 0 Å². The molecule has 0 aliphatic rings. The van der Waals surface area contributed by atoms with Gasteiger partial charge in [-0.1, -0.05) is 60.7 Å². The zero-order valence-corrected chi connectivity index (χ0v) is 11.7. The number of aliphatic imine (C=N–C) groups is 2. The molecule has 0 spiro atoms. The minimum absolute atomic E-state index is 0.871. The Morgan fingerprint density at radius 1 is 0.600 bits per heavy atom. The molecule has 2 aromatic carbocycles. The normalized spacial score (nSPS) is 11.4. The molecule has 0 aliphatic heterocycles. The van der Waals surface area contributed by atoms with E-state index in [2.05, 4.69) is 34.3 Å². The van der Waals surface area contributed by atoms with E-state index in [-0.39, 0.29) is 0 Å². The maximum absolute atomic E-state index is 4.42. The van der Waals surface area contributed by atoms with Gasteiger partial charge in [-0.15, -0.1) is 0 Å². The van der Waals surface area contributed by atoms with Gasteiger partial charge < -0.3 is 0 Å². The highest BCUT2D eigenvalue weighted by Crippen LogP contribution is 1.97. The Labute approximate surface area is 120 Å². The van der Waals surface area contributed by atoms with Crippen LogP contribution in [0.25, 0.3) is 0 Å². The van der Waals surface area contributed by atoms with Crippen LogP contribution in [0, 0.1) is 0 Å². The van der Waals surface area contributed by atoms with Crippen LogP contribution in [0.5, 0.6) is 0 Å². The Morgan fingerprint density at radius 2 is 1.00 bits per heavy atom. The summed E-state index contributed by atoms with van der Waals surface area (Å²) in [5.74, 6) is 0. The molecule has 102 valence electrons. The summed E-state index contributed by atoms with van der Waals surface area (Å²) in [5.41, 5.74) is 2.32. The second-order valence-corrected chi connectivity index (χ2v) is 4.60. The van der Waals surface area contributed by atoms with E-state index in [0.717, 1.165) is 37.1 Å². The predicted molar refractivity (Wildman–Crippen MR) is 87.0 cm³/mol. The quantitative estimate of drug-likeness (QED) is 0.533. The molecule has 0 atom stereocenters. The summed E-state index contributed by atoms with van der Waals surface area (Å²) in [5, 5.41) is 0. The molecule has 0 fully saturated rings. The van der Waals surface area contributed by atoms with E-state index in [1.54, 1.807) is 0 Å². The summed E-state index contributed by atoms with van der Waals surface area (Å²) in [6.45, 7) is 1.74. The summed E-state index contributed by atoms with van der Waals surface area (Å²) >= 11 is 0. The molecule has 0 amide bonds. The number of unbranched alkanes of at least 4 members (excludes halogenated alkanes) is 1. The predicted octanol–water partition coefficient (Wildman–Crippen LogP) is 4.00. The molecule has 20 heavy (non-hydrogen) atoms. The molecule has 2 rings (SSSR count). The lowest BCUT2D eigenvalue weighted by atomic mass is 10.2. The van der Waals surface area contributed by atoms with Crippen molar-refractivity contribution in [1.29, 1.82) is 0 Å². The lowest BCUT2D eigenvalue weighted by molar-refractivity contribution is 0.760. The fourth-order valence-corrected chi connectivity index (χ4v) is 1.82. The summed E-state index contributed by atoms with van der Waals surface area (Å²) in [6.07, 6.45) is 6.03. The van der Waals surface area contributed by atoms with E-state index in [4.69, 9.17) is 0 Å². The zero-order valence-electron chi connectivity index (χ0n) is 11.7. The van der Waals surface area contributed by atoms with E-state index in [0.29, 0.717) is 0 Å². The Kier molecular flexibility index (Phi) is 6.25. The molecule has 0 bridgehead atoms. The first-order valence-electron chi connectivity index (χ1n) is 7.05. The first kappa shape index (κ1) is 14.2. The van der Waals surface area contributed by atoms with Gasteiger partial charge in [0.05, 0.1) is 0 Å². The highest BCUT2D eigenvalue weighted by Gasteiger charge is 1.87. The van der Waals surface area contributed by atoms with Gasteiger partial charge in [0, 0.05) is 25.5 Å². The van der Waals surface area contributed by atoms with Gasteiger partial charge in [-0.2, -0.15) is 0 Å². The van der Waals surface area contributed by atoms with Crippen LogP contribution in [0.1, 0.15) is 24.0 Å². The topological polar surface area (TPSA) is 24.7 Å². The van der Waals surface area contributed by atoms with Crippen LogP contribution in [-0.4, -0.2) is 25.5 Å². The number of hydrogen-bond donors (Lipinski definition) is 0. The molecule has 2 nitrogen and oxygen atoms in total. The lowest BCUT2D eigenvalue weighted by Crippen LogP contribution is -1.88. The van der Waals surface area contributed by atoms with E-state index < -0.39 is 0 Å². The van der Waals surface area contributed by atoms with E-state index in [1.165, 1.54) is 0 Å². The molecule has 0 aliphatic carbocycles. The molecular weight excluding hydrogens is 244 g/mol. The van der Waals surface area contributed by atoms with Crippen molar-refractivity contribution in [3.63, 3.8) is 0 Å². The summed E-state index contributed by atoms with van der Waals surface area (Å²) in [6, 6.07) is 20.4. The average Bonchev–Trinajstić information content (AvgIpc) is 2.52. The fraction of sp³-hybridized carbons (Fsp3) is 0.222. The van der Waals surface area contributed by atoms with Crippen LogP contribution >= 0.6 is 0 Å². The van der Waals surface area contributed by atoms with E-state index in [9.17, 15) is 0 Å².